The summed E-state index contributed by atoms with van der Waals surface area (Å²) in [6, 6.07) is 10.1. The Morgan fingerprint density at radius 3 is 2.61 bits per heavy atom. The molecule has 0 spiro atoms. The van der Waals surface area contributed by atoms with Gasteiger partial charge in [0.25, 0.3) is 11.8 Å². The standard InChI is InChI=1S/C21H22N2O5/c1-13(2)11-23-16-7-6-15(10-18(16)28-12-20(23)24)22-21(25)14-5-8-17(26-3)19(9-14)27-4/h5-10H,1,11-12H2,2-4H3,(H,22,25). The van der Waals surface area contributed by atoms with E-state index in [9.17, 15) is 9.59 Å². The van der Waals surface area contributed by atoms with Crippen molar-refractivity contribution >= 4 is 23.2 Å². The molecule has 1 N–H and O–H groups in total. The molecule has 1 aliphatic rings. The molecule has 146 valence electrons. The van der Waals surface area contributed by atoms with Gasteiger partial charge >= 0.3 is 0 Å². The average Bonchev–Trinajstić information content (AvgIpc) is 2.69. The molecule has 0 radical (unpaired) electrons. The van der Waals surface area contributed by atoms with Crippen molar-refractivity contribution in [1.29, 1.82) is 0 Å². The smallest absolute Gasteiger partial charge is 0.265 e. The van der Waals surface area contributed by atoms with Gasteiger partial charge in [0.15, 0.2) is 18.1 Å². The van der Waals surface area contributed by atoms with Crippen molar-refractivity contribution in [3.63, 3.8) is 0 Å². The number of hydrogen-bond acceptors (Lipinski definition) is 5. The Morgan fingerprint density at radius 2 is 1.93 bits per heavy atom. The minimum absolute atomic E-state index is 0.0483. The van der Waals surface area contributed by atoms with Gasteiger partial charge in [-0.15, -0.1) is 0 Å². The normalized spacial score (nSPS) is 12.7. The van der Waals surface area contributed by atoms with E-state index in [0.717, 1.165) is 5.57 Å². The van der Waals surface area contributed by atoms with E-state index in [2.05, 4.69) is 11.9 Å². The second-order valence-electron chi connectivity index (χ2n) is 6.43. The number of rotatable bonds is 6. The Hall–Kier alpha value is -3.48. The van der Waals surface area contributed by atoms with Gasteiger partial charge in [-0.3, -0.25) is 9.59 Å². The first-order valence-corrected chi connectivity index (χ1v) is 8.68. The Bertz CT molecular complexity index is 938. The summed E-state index contributed by atoms with van der Waals surface area (Å²) in [6.07, 6.45) is 0. The first kappa shape index (κ1) is 19.3. The Labute approximate surface area is 163 Å². The fourth-order valence-corrected chi connectivity index (χ4v) is 2.91. The summed E-state index contributed by atoms with van der Waals surface area (Å²) in [6.45, 7) is 6.10. The Morgan fingerprint density at radius 1 is 1.18 bits per heavy atom. The zero-order valence-electron chi connectivity index (χ0n) is 16.1. The van der Waals surface area contributed by atoms with Crippen molar-refractivity contribution in [3.8, 4) is 17.2 Å². The molecule has 7 heteroatoms. The molecular formula is C21H22N2O5. The number of benzene rings is 2. The molecule has 0 saturated heterocycles. The van der Waals surface area contributed by atoms with E-state index in [0.29, 0.717) is 40.7 Å². The molecule has 28 heavy (non-hydrogen) atoms. The summed E-state index contributed by atoms with van der Waals surface area (Å²) < 4.78 is 16.0. The predicted octanol–water partition coefficient (Wildman–Crippen LogP) is 3.26. The fourth-order valence-electron chi connectivity index (χ4n) is 2.91. The number of methoxy groups -OCH3 is 2. The van der Waals surface area contributed by atoms with Crippen LogP contribution in [0.15, 0.2) is 48.6 Å². The highest BCUT2D eigenvalue weighted by Gasteiger charge is 2.25. The summed E-state index contributed by atoms with van der Waals surface area (Å²) >= 11 is 0. The predicted molar refractivity (Wildman–Crippen MR) is 107 cm³/mol. The van der Waals surface area contributed by atoms with Gasteiger partial charge in [0.2, 0.25) is 0 Å². The van der Waals surface area contributed by atoms with Crippen LogP contribution in [0.1, 0.15) is 17.3 Å². The van der Waals surface area contributed by atoms with Gasteiger partial charge in [-0.25, -0.2) is 0 Å². The molecule has 0 aromatic heterocycles. The van der Waals surface area contributed by atoms with Crippen molar-refractivity contribution in [2.24, 2.45) is 0 Å². The van der Waals surface area contributed by atoms with Gasteiger partial charge in [0.05, 0.1) is 19.9 Å². The number of carbonyl (C=O) groups excluding carboxylic acids is 2. The number of carbonyl (C=O) groups is 2. The van der Waals surface area contributed by atoms with E-state index in [1.165, 1.54) is 14.2 Å². The fraction of sp³-hybridized carbons (Fsp3) is 0.238. The van der Waals surface area contributed by atoms with Crippen LogP contribution in [0.3, 0.4) is 0 Å². The molecule has 0 fully saturated rings. The van der Waals surface area contributed by atoms with Crippen molar-refractivity contribution in [2.45, 2.75) is 6.92 Å². The average molecular weight is 382 g/mol. The maximum Gasteiger partial charge on any atom is 0.265 e. The molecule has 1 heterocycles. The van der Waals surface area contributed by atoms with Crippen LogP contribution in [0.2, 0.25) is 0 Å². The van der Waals surface area contributed by atoms with Gasteiger partial charge in [0.1, 0.15) is 5.75 Å². The maximum absolute atomic E-state index is 12.6. The third kappa shape index (κ3) is 3.93. The van der Waals surface area contributed by atoms with Crippen LogP contribution >= 0.6 is 0 Å². The van der Waals surface area contributed by atoms with E-state index in [-0.39, 0.29) is 18.4 Å². The molecule has 0 unspecified atom stereocenters. The molecule has 7 nitrogen and oxygen atoms in total. The molecule has 0 saturated carbocycles. The quantitative estimate of drug-likeness (QED) is 0.776. The first-order chi connectivity index (χ1) is 13.4. The molecule has 2 amide bonds. The summed E-state index contributed by atoms with van der Waals surface area (Å²) in [5, 5.41) is 2.83. The summed E-state index contributed by atoms with van der Waals surface area (Å²) in [5.41, 5.74) is 2.51. The summed E-state index contributed by atoms with van der Waals surface area (Å²) in [7, 11) is 3.05. The summed E-state index contributed by atoms with van der Waals surface area (Å²) in [4.78, 5) is 26.3. The van der Waals surface area contributed by atoms with Crippen LogP contribution in [-0.4, -0.2) is 39.2 Å². The highest BCUT2D eigenvalue weighted by atomic mass is 16.5. The van der Waals surface area contributed by atoms with Gasteiger partial charge < -0.3 is 24.4 Å². The number of nitrogens with zero attached hydrogens (tertiary/aromatic N) is 1. The van der Waals surface area contributed by atoms with E-state index in [4.69, 9.17) is 14.2 Å². The number of anilines is 2. The number of nitrogens with one attached hydrogen (secondary N) is 1. The van der Waals surface area contributed by atoms with Crippen molar-refractivity contribution in [1.82, 2.24) is 0 Å². The molecule has 1 aliphatic heterocycles. The van der Waals surface area contributed by atoms with Crippen molar-refractivity contribution in [2.75, 3.05) is 37.6 Å². The molecule has 0 bridgehead atoms. The van der Waals surface area contributed by atoms with Crippen LogP contribution in [-0.2, 0) is 4.79 Å². The van der Waals surface area contributed by atoms with Gasteiger partial charge in [-0.1, -0.05) is 12.2 Å². The minimum Gasteiger partial charge on any atom is -0.493 e. The number of amides is 2. The Kier molecular flexibility index (Phi) is 5.54. The second kappa shape index (κ2) is 8.04. The molecule has 2 aromatic rings. The largest absolute Gasteiger partial charge is 0.493 e. The molecule has 3 rings (SSSR count). The third-order valence-corrected chi connectivity index (χ3v) is 4.23. The SMILES string of the molecule is C=C(C)CN1C(=O)COc2cc(NC(=O)c3ccc(OC)c(OC)c3)ccc21. The first-order valence-electron chi connectivity index (χ1n) is 8.68. The van der Waals surface area contributed by atoms with Crippen LogP contribution < -0.4 is 24.4 Å². The molecule has 0 aliphatic carbocycles. The number of fused-ring (bicyclic) bond motifs is 1. The van der Waals surface area contributed by atoms with E-state index in [1.54, 1.807) is 41.3 Å². The second-order valence-corrected chi connectivity index (χ2v) is 6.43. The lowest BCUT2D eigenvalue weighted by atomic mass is 10.1. The summed E-state index contributed by atoms with van der Waals surface area (Å²) in [5.74, 6) is 1.12. The van der Waals surface area contributed by atoms with Crippen LogP contribution in [0.25, 0.3) is 0 Å². The van der Waals surface area contributed by atoms with Gasteiger partial charge in [-0.2, -0.15) is 0 Å². The number of ether oxygens (including phenoxy) is 3. The molecular weight excluding hydrogens is 360 g/mol. The van der Waals surface area contributed by atoms with Gasteiger partial charge in [-0.05, 0) is 37.3 Å². The Balaban J connectivity index is 1.81. The van der Waals surface area contributed by atoms with Crippen molar-refractivity contribution < 1.29 is 23.8 Å². The van der Waals surface area contributed by atoms with E-state index < -0.39 is 0 Å². The van der Waals surface area contributed by atoms with Crippen LogP contribution in [0.4, 0.5) is 11.4 Å². The maximum atomic E-state index is 12.6. The topological polar surface area (TPSA) is 77.1 Å². The highest BCUT2D eigenvalue weighted by molar-refractivity contribution is 6.05. The number of hydrogen-bond donors (Lipinski definition) is 1. The zero-order chi connectivity index (χ0) is 20.3. The lowest BCUT2D eigenvalue weighted by molar-refractivity contribution is -0.121. The lowest BCUT2D eigenvalue weighted by Crippen LogP contribution is -2.39. The van der Waals surface area contributed by atoms with Crippen LogP contribution in [0, 0.1) is 0 Å². The van der Waals surface area contributed by atoms with E-state index >= 15 is 0 Å². The minimum atomic E-state index is -0.299. The van der Waals surface area contributed by atoms with Crippen molar-refractivity contribution in [3.05, 3.63) is 54.1 Å². The third-order valence-electron chi connectivity index (χ3n) is 4.23. The lowest BCUT2D eigenvalue weighted by Gasteiger charge is -2.29. The van der Waals surface area contributed by atoms with Crippen LogP contribution in [0.5, 0.6) is 17.2 Å². The molecule has 0 atom stereocenters. The van der Waals surface area contributed by atoms with E-state index in [1.807, 2.05) is 6.92 Å². The zero-order valence-corrected chi connectivity index (χ0v) is 16.1. The molecule has 2 aromatic carbocycles. The highest BCUT2D eigenvalue weighted by Crippen LogP contribution is 2.35. The monoisotopic (exact) mass is 382 g/mol. The van der Waals surface area contributed by atoms with Gasteiger partial charge in [0, 0.05) is 23.9 Å².